The molecule has 0 unspecified atom stereocenters. The van der Waals surface area contributed by atoms with Crippen molar-refractivity contribution in [3.05, 3.63) is 18.2 Å². The summed E-state index contributed by atoms with van der Waals surface area (Å²) in [5.41, 5.74) is 0. The van der Waals surface area contributed by atoms with Crippen molar-refractivity contribution < 1.29 is 4.74 Å². The van der Waals surface area contributed by atoms with Gasteiger partial charge >= 0.3 is 0 Å². The number of rotatable bonds is 9. The molecule has 0 bridgehead atoms. The average molecular weight is 252 g/mol. The number of likely N-dealkylation sites (N-methyl/N-ethyl adjacent to an activating group) is 1. The van der Waals surface area contributed by atoms with Crippen LogP contribution >= 0.6 is 0 Å². The summed E-state index contributed by atoms with van der Waals surface area (Å²) in [5, 5.41) is 6.43. The number of anilines is 2. The minimum Gasteiger partial charge on any atom is -0.378 e. The lowest BCUT2D eigenvalue weighted by atomic mass is 10.4. The molecular formula is C13H24N4O. The SMILES string of the molecule is CCNc1cccc(NCCOCCN(C)C)n1. The molecule has 5 nitrogen and oxygen atoms in total. The van der Waals surface area contributed by atoms with Crippen LogP contribution in [0, 0.1) is 0 Å². The Balaban J connectivity index is 2.16. The zero-order valence-corrected chi connectivity index (χ0v) is 11.6. The van der Waals surface area contributed by atoms with Crippen LogP contribution in [-0.4, -0.2) is 56.8 Å². The van der Waals surface area contributed by atoms with E-state index in [1.54, 1.807) is 0 Å². The number of aromatic nitrogens is 1. The molecule has 5 heteroatoms. The Kier molecular flexibility index (Phi) is 7.13. The highest BCUT2D eigenvalue weighted by molar-refractivity contribution is 5.44. The fourth-order valence-corrected chi connectivity index (χ4v) is 1.41. The van der Waals surface area contributed by atoms with Crippen LogP contribution in [0.5, 0.6) is 0 Å². The Morgan fingerprint density at radius 2 is 1.89 bits per heavy atom. The molecule has 0 aliphatic heterocycles. The summed E-state index contributed by atoms with van der Waals surface area (Å²) in [6.45, 7) is 6.12. The topological polar surface area (TPSA) is 49.4 Å². The van der Waals surface area contributed by atoms with Gasteiger partial charge in [-0.2, -0.15) is 0 Å². The van der Waals surface area contributed by atoms with Gasteiger partial charge < -0.3 is 20.3 Å². The Morgan fingerprint density at radius 1 is 1.17 bits per heavy atom. The third-order valence-electron chi connectivity index (χ3n) is 2.34. The van der Waals surface area contributed by atoms with Crippen LogP contribution in [0.3, 0.4) is 0 Å². The fourth-order valence-electron chi connectivity index (χ4n) is 1.41. The van der Waals surface area contributed by atoms with E-state index in [4.69, 9.17) is 4.74 Å². The van der Waals surface area contributed by atoms with Crippen molar-refractivity contribution in [2.45, 2.75) is 6.92 Å². The Hall–Kier alpha value is -1.33. The van der Waals surface area contributed by atoms with Crippen LogP contribution in [0.25, 0.3) is 0 Å². The van der Waals surface area contributed by atoms with E-state index in [-0.39, 0.29) is 0 Å². The lowest BCUT2D eigenvalue weighted by molar-refractivity contribution is 0.126. The largest absolute Gasteiger partial charge is 0.378 e. The van der Waals surface area contributed by atoms with Gasteiger partial charge in [0.25, 0.3) is 0 Å². The second-order valence-corrected chi connectivity index (χ2v) is 4.28. The minimum atomic E-state index is 0.695. The summed E-state index contributed by atoms with van der Waals surface area (Å²) < 4.78 is 5.50. The number of nitrogens with zero attached hydrogens (tertiary/aromatic N) is 2. The van der Waals surface area contributed by atoms with Gasteiger partial charge in [-0.05, 0) is 33.2 Å². The van der Waals surface area contributed by atoms with Crippen LogP contribution in [0.2, 0.25) is 0 Å². The smallest absolute Gasteiger partial charge is 0.128 e. The lowest BCUT2D eigenvalue weighted by Crippen LogP contribution is -2.20. The molecule has 18 heavy (non-hydrogen) atoms. The van der Waals surface area contributed by atoms with E-state index in [9.17, 15) is 0 Å². The molecule has 1 rings (SSSR count). The van der Waals surface area contributed by atoms with Crippen molar-refractivity contribution in [2.75, 3.05) is 57.6 Å². The summed E-state index contributed by atoms with van der Waals surface area (Å²) in [6, 6.07) is 5.91. The molecule has 1 heterocycles. The van der Waals surface area contributed by atoms with Gasteiger partial charge in [0, 0.05) is 19.6 Å². The zero-order valence-electron chi connectivity index (χ0n) is 11.6. The average Bonchev–Trinajstić information content (AvgIpc) is 2.34. The molecule has 0 aliphatic carbocycles. The number of ether oxygens (including phenoxy) is 1. The minimum absolute atomic E-state index is 0.695. The van der Waals surface area contributed by atoms with Crippen LogP contribution in [0.4, 0.5) is 11.6 Å². The van der Waals surface area contributed by atoms with Gasteiger partial charge in [0.15, 0.2) is 0 Å². The second-order valence-electron chi connectivity index (χ2n) is 4.28. The quantitative estimate of drug-likeness (QED) is 0.652. The van der Waals surface area contributed by atoms with Crippen LogP contribution < -0.4 is 10.6 Å². The normalized spacial score (nSPS) is 10.7. The maximum absolute atomic E-state index is 5.50. The van der Waals surface area contributed by atoms with E-state index in [0.717, 1.165) is 37.9 Å². The molecule has 0 spiro atoms. The molecule has 0 amide bonds. The number of hydrogen-bond acceptors (Lipinski definition) is 5. The summed E-state index contributed by atoms with van der Waals surface area (Å²) >= 11 is 0. The van der Waals surface area contributed by atoms with Crippen LogP contribution in [-0.2, 0) is 4.74 Å². The summed E-state index contributed by atoms with van der Waals surface area (Å²) in [7, 11) is 4.08. The molecule has 0 saturated carbocycles. The molecule has 1 aromatic heterocycles. The Bertz CT molecular complexity index is 331. The van der Waals surface area contributed by atoms with Crippen molar-refractivity contribution in [1.29, 1.82) is 0 Å². The van der Waals surface area contributed by atoms with Crippen LogP contribution in [0.15, 0.2) is 18.2 Å². The van der Waals surface area contributed by atoms with Crippen molar-refractivity contribution in [3.8, 4) is 0 Å². The molecule has 0 aliphatic rings. The van der Waals surface area contributed by atoms with E-state index >= 15 is 0 Å². The first-order chi connectivity index (χ1) is 8.72. The summed E-state index contributed by atoms with van der Waals surface area (Å²) in [5.74, 6) is 1.78. The predicted octanol–water partition coefficient (Wildman–Crippen LogP) is 1.50. The number of hydrogen-bond donors (Lipinski definition) is 2. The van der Waals surface area contributed by atoms with Gasteiger partial charge in [0.05, 0.1) is 13.2 Å². The van der Waals surface area contributed by atoms with Crippen molar-refractivity contribution in [2.24, 2.45) is 0 Å². The summed E-state index contributed by atoms with van der Waals surface area (Å²) in [4.78, 5) is 6.53. The Labute approximate surface area is 110 Å². The first-order valence-electron chi connectivity index (χ1n) is 6.39. The Morgan fingerprint density at radius 3 is 2.56 bits per heavy atom. The molecule has 0 fully saturated rings. The van der Waals surface area contributed by atoms with Gasteiger partial charge in [-0.3, -0.25) is 0 Å². The van der Waals surface area contributed by atoms with E-state index in [1.807, 2.05) is 32.3 Å². The monoisotopic (exact) mass is 252 g/mol. The van der Waals surface area contributed by atoms with E-state index in [0.29, 0.717) is 6.61 Å². The van der Waals surface area contributed by atoms with E-state index in [2.05, 4.69) is 27.4 Å². The molecule has 102 valence electrons. The van der Waals surface area contributed by atoms with Gasteiger partial charge in [-0.15, -0.1) is 0 Å². The molecule has 0 saturated heterocycles. The lowest BCUT2D eigenvalue weighted by Gasteiger charge is -2.11. The van der Waals surface area contributed by atoms with Crippen molar-refractivity contribution in [1.82, 2.24) is 9.88 Å². The molecule has 1 aromatic rings. The second kappa shape index (κ2) is 8.72. The van der Waals surface area contributed by atoms with E-state index in [1.165, 1.54) is 0 Å². The maximum Gasteiger partial charge on any atom is 0.128 e. The molecule has 2 N–H and O–H groups in total. The van der Waals surface area contributed by atoms with Gasteiger partial charge in [-0.1, -0.05) is 6.07 Å². The van der Waals surface area contributed by atoms with E-state index < -0.39 is 0 Å². The highest BCUT2D eigenvalue weighted by Crippen LogP contribution is 2.08. The predicted molar refractivity (Wildman–Crippen MR) is 76.3 cm³/mol. The number of pyridine rings is 1. The highest BCUT2D eigenvalue weighted by Gasteiger charge is 1.96. The zero-order chi connectivity index (χ0) is 13.2. The maximum atomic E-state index is 5.50. The van der Waals surface area contributed by atoms with Gasteiger partial charge in [0.2, 0.25) is 0 Å². The first kappa shape index (κ1) is 14.7. The van der Waals surface area contributed by atoms with Crippen molar-refractivity contribution in [3.63, 3.8) is 0 Å². The van der Waals surface area contributed by atoms with Gasteiger partial charge in [-0.25, -0.2) is 4.98 Å². The standard InChI is InChI=1S/C13H24N4O/c1-4-14-12-6-5-7-13(16-12)15-8-10-18-11-9-17(2)3/h5-7H,4,8-11H2,1-3H3,(H2,14,15,16). The third-order valence-corrected chi connectivity index (χ3v) is 2.34. The fraction of sp³-hybridized carbons (Fsp3) is 0.615. The molecule has 0 radical (unpaired) electrons. The molecule has 0 atom stereocenters. The van der Waals surface area contributed by atoms with Crippen molar-refractivity contribution >= 4 is 11.6 Å². The molecule has 0 aromatic carbocycles. The third kappa shape index (κ3) is 6.42. The molecular weight excluding hydrogens is 228 g/mol. The van der Waals surface area contributed by atoms with Crippen LogP contribution in [0.1, 0.15) is 6.92 Å². The first-order valence-corrected chi connectivity index (χ1v) is 6.39. The summed E-state index contributed by atoms with van der Waals surface area (Å²) in [6.07, 6.45) is 0. The highest BCUT2D eigenvalue weighted by atomic mass is 16.5. The van der Waals surface area contributed by atoms with Gasteiger partial charge in [0.1, 0.15) is 11.6 Å². The number of nitrogens with one attached hydrogen (secondary N) is 2.